The van der Waals surface area contributed by atoms with Gasteiger partial charge in [0.05, 0.1) is 13.2 Å². The topological polar surface area (TPSA) is 65.7 Å². The Morgan fingerprint density at radius 3 is 2.19 bits per heavy atom. The highest BCUT2D eigenvalue weighted by Gasteiger charge is 2.35. The Hall–Kier alpha value is -3.15. The number of aliphatic hydroxyl groups excluding tert-OH is 2. The Bertz CT molecular complexity index is 1290. The van der Waals surface area contributed by atoms with Crippen molar-refractivity contribution < 1.29 is 15.0 Å². The van der Waals surface area contributed by atoms with E-state index in [0.29, 0.717) is 31.5 Å². The van der Waals surface area contributed by atoms with E-state index in [1.54, 1.807) is 0 Å². The van der Waals surface area contributed by atoms with Gasteiger partial charge in [0, 0.05) is 48.2 Å². The Morgan fingerprint density at radius 1 is 0.844 bits per heavy atom. The first-order valence-corrected chi connectivity index (χ1v) is 11.1. The van der Waals surface area contributed by atoms with Crippen LogP contribution in [-0.4, -0.2) is 51.9 Å². The first-order chi connectivity index (χ1) is 15.5. The van der Waals surface area contributed by atoms with Crippen molar-refractivity contribution in [1.29, 1.82) is 0 Å². The minimum Gasteiger partial charge on any atom is -0.396 e. The van der Waals surface area contributed by atoms with Crippen molar-refractivity contribution >= 4 is 27.6 Å². The van der Waals surface area contributed by atoms with Crippen molar-refractivity contribution in [3.05, 3.63) is 72.4 Å². The number of aliphatic hydroxyl groups is 2. The quantitative estimate of drug-likeness (QED) is 0.512. The molecule has 0 atom stereocenters. The SMILES string of the molecule is Cn1ccc2cc(-c3ccc4cc(C(=O)N5CCC(CO)(CO)CC5)ccc4c3)ccc21. The fraction of sp³-hybridized carbons (Fsp3) is 0.296. The van der Waals surface area contributed by atoms with Gasteiger partial charge in [-0.1, -0.05) is 24.3 Å². The summed E-state index contributed by atoms with van der Waals surface area (Å²) < 4.78 is 2.12. The number of carbonyl (C=O) groups is 1. The van der Waals surface area contributed by atoms with E-state index in [-0.39, 0.29) is 19.1 Å². The summed E-state index contributed by atoms with van der Waals surface area (Å²) in [6.07, 6.45) is 3.31. The van der Waals surface area contributed by atoms with Crippen LogP contribution in [0.4, 0.5) is 0 Å². The molecule has 0 saturated carbocycles. The normalized spacial score (nSPS) is 16.0. The minimum atomic E-state index is -0.459. The second-order valence-electron chi connectivity index (χ2n) is 9.09. The molecule has 164 valence electrons. The Morgan fingerprint density at radius 2 is 1.47 bits per heavy atom. The molecule has 1 amide bonds. The lowest BCUT2D eigenvalue weighted by molar-refractivity contribution is 0.000699. The lowest BCUT2D eigenvalue weighted by Crippen LogP contribution is -2.46. The molecule has 32 heavy (non-hydrogen) atoms. The van der Waals surface area contributed by atoms with Gasteiger partial charge in [-0.2, -0.15) is 0 Å². The average molecular weight is 429 g/mol. The van der Waals surface area contributed by atoms with E-state index in [1.807, 2.05) is 23.1 Å². The average Bonchev–Trinajstić information content (AvgIpc) is 3.23. The maximum absolute atomic E-state index is 13.0. The summed E-state index contributed by atoms with van der Waals surface area (Å²) in [5.41, 5.74) is 3.76. The largest absolute Gasteiger partial charge is 0.396 e. The van der Waals surface area contributed by atoms with Crippen LogP contribution in [0.25, 0.3) is 32.8 Å². The number of benzene rings is 3. The van der Waals surface area contributed by atoms with Gasteiger partial charge in [0.1, 0.15) is 0 Å². The molecule has 0 unspecified atom stereocenters. The summed E-state index contributed by atoms with van der Waals surface area (Å²) >= 11 is 0. The highest BCUT2D eigenvalue weighted by atomic mass is 16.3. The van der Waals surface area contributed by atoms with Crippen LogP contribution >= 0.6 is 0 Å². The molecule has 4 aromatic rings. The van der Waals surface area contributed by atoms with Crippen molar-refractivity contribution in [3.8, 4) is 11.1 Å². The zero-order valence-corrected chi connectivity index (χ0v) is 18.3. The molecule has 5 rings (SSSR count). The predicted octanol–water partition coefficient (Wildman–Crippen LogP) is 4.21. The Kier molecular flexibility index (Phi) is 5.24. The Balaban J connectivity index is 1.38. The lowest BCUT2D eigenvalue weighted by Gasteiger charge is -2.39. The number of piperidine rings is 1. The summed E-state index contributed by atoms with van der Waals surface area (Å²) in [5, 5.41) is 22.6. The van der Waals surface area contributed by atoms with E-state index in [4.69, 9.17) is 0 Å². The van der Waals surface area contributed by atoms with Crippen LogP contribution in [0.2, 0.25) is 0 Å². The van der Waals surface area contributed by atoms with Gasteiger partial charge in [-0.3, -0.25) is 4.79 Å². The van der Waals surface area contributed by atoms with Crippen molar-refractivity contribution in [2.24, 2.45) is 12.5 Å². The summed E-state index contributed by atoms with van der Waals surface area (Å²) in [6.45, 7) is 1.03. The summed E-state index contributed by atoms with van der Waals surface area (Å²) in [6, 6.07) is 20.9. The molecule has 3 aromatic carbocycles. The molecule has 0 aliphatic carbocycles. The number of rotatable bonds is 4. The molecule has 5 heteroatoms. The van der Waals surface area contributed by atoms with Gasteiger partial charge >= 0.3 is 0 Å². The highest BCUT2D eigenvalue weighted by molar-refractivity contribution is 5.99. The lowest BCUT2D eigenvalue weighted by atomic mass is 9.80. The summed E-state index contributed by atoms with van der Waals surface area (Å²) in [4.78, 5) is 14.9. The summed E-state index contributed by atoms with van der Waals surface area (Å²) in [5.74, 6) is 0.00925. The van der Waals surface area contributed by atoms with Gasteiger partial charge in [-0.05, 0) is 71.1 Å². The summed E-state index contributed by atoms with van der Waals surface area (Å²) in [7, 11) is 2.05. The molecule has 5 nitrogen and oxygen atoms in total. The number of carbonyl (C=O) groups excluding carboxylic acids is 1. The molecule has 2 heterocycles. The fourth-order valence-electron chi connectivity index (χ4n) is 4.75. The molecule has 2 N–H and O–H groups in total. The van der Waals surface area contributed by atoms with E-state index in [2.05, 4.69) is 60.3 Å². The molecule has 1 fully saturated rings. The second kappa shape index (κ2) is 8.08. The van der Waals surface area contributed by atoms with Crippen LogP contribution in [0.3, 0.4) is 0 Å². The van der Waals surface area contributed by atoms with E-state index in [9.17, 15) is 15.0 Å². The van der Waals surface area contributed by atoms with Crippen LogP contribution < -0.4 is 0 Å². The molecule has 1 aromatic heterocycles. The molecule has 1 aliphatic heterocycles. The molecular weight excluding hydrogens is 400 g/mol. The molecule has 1 aliphatic rings. The second-order valence-corrected chi connectivity index (χ2v) is 9.09. The predicted molar refractivity (Wildman–Crippen MR) is 128 cm³/mol. The number of fused-ring (bicyclic) bond motifs is 2. The van der Waals surface area contributed by atoms with Gasteiger partial charge in [-0.15, -0.1) is 0 Å². The highest BCUT2D eigenvalue weighted by Crippen LogP contribution is 2.32. The van der Waals surface area contributed by atoms with E-state index < -0.39 is 5.41 Å². The van der Waals surface area contributed by atoms with Gasteiger partial charge in [0.15, 0.2) is 0 Å². The number of aryl methyl sites for hydroxylation is 1. The standard InChI is InChI=1S/C27H28N2O3/c1-28-11-8-23-15-22(6-7-25(23)28)19-2-3-21-16-24(5-4-20(21)14-19)26(32)29-12-9-27(17-30,18-31)10-13-29/h2-8,11,14-16,30-31H,9-10,12-13,17-18H2,1H3. The Labute approximate surface area is 187 Å². The van der Waals surface area contributed by atoms with Crippen molar-refractivity contribution in [2.45, 2.75) is 12.8 Å². The molecular formula is C27H28N2O3. The van der Waals surface area contributed by atoms with Crippen LogP contribution in [0.1, 0.15) is 23.2 Å². The maximum atomic E-state index is 13.0. The molecule has 0 radical (unpaired) electrons. The number of amides is 1. The van der Waals surface area contributed by atoms with Crippen molar-refractivity contribution in [1.82, 2.24) is 9.47 Å². The third-order valence-electron chi connectivity index (χ3n) is 7.09. The van der Waals surface area contributed by atoms with Crippen LogP contribution in [0.5, 0.6) is 0 Å². The molecule has 0 spiro atoms. The fourth-order valence-corrected chi connectivity index (χ4v) is 4.75. The maximum Gasteiger partial charge on any atom is 0.253 e. The van der Waals surface area contributed by atoms with Crippen molar-refractivity contribution in [3.63, 3.8) is 0 Å². The first-order valence-electron chi connectivity index (χ1n) is 11.1. The van der Waals surface area contributed by atoms with Gasteiger partial charge in [-0.25, -0.2) is 0 Å². The third kappa shape index (κ3) is 3.57. The van der Waals surface area contributed by atoms with Gasteiger partial charge < -0.3 is 19.7 Å². The van der Waals surface area contributed by atoms with Crippen LogP contribution in [-0.2, 0) is 7.05 Å². The van der Waals surface area contributed by atoms with E-state index >= 15 is 0 Å². The monoisotopic (exact) mass is 428 g/mol. The molecule has 1 saturated heterocycles. The number of hydrogen-bond donors (Lipinski definition) is 2. The van der Waals surface area contributed by atoms with E-state index in [1.165, 1.54) is 16.5 Å². The zero-order chi connectivity index (χ0) is 22.3. The number of nitrogens with zero attached hydrogens (tertiary/aromatic N) is 2. The number of hydrogen-bond acceptors (Lipinski definition) is 3. The third-order valence-corrected chi connectivity index (χ3v) is 7.09. The first kappa shape index (κ1) is 20.7. The van der Waals surface area contributed by atoms with Crippen LogP contribution in [0.15, 0.2) is 66.9 Å². The van der Waals surface area contributed by atoms with E-state index in [0.717, 1.165) is 16.3 Å². The van der Waals surface area contributed by atoms with Crippen LogP contribution in [0, 0.1) is 5.41 Å². The van der Waals surface area contributed by atoms with Gasteiger partial charge in [0.2, 0.25) is 0 Å². The van der Waals surface area contributed by atoms with Gasteiger partial charge in [0.25, 0.3) is 5.91 Å². The number of aromatic nitrogens is 1. The number of likely N-dealkylation sites (tertiary alicyclic amines) is 1. The van der Waals surface area contributed by atoms with Crippen molar-refractivity contribution in [2.75, 3.05) is 26.3 Å². The molecule has 0 bridgehead atoms. The minimum absolute atomic E-state index is 0.00925. The zero-order valence-electron chi connectivity index (χ0n) is 18.3. The smallest absolute Gasteiger partial charge is 0.253 e.